The number of benzene rings is 1. The summed E-state index contributed by atoms with van der Waals surface area (Å²) in [5.74, 6) is -1.09. The Hall–Kier alpha value is -2.64. The number of halogens is 3. The zero-order chi connectivity index (χ0) is 17.5. The first kappa shape index (κ1) is 16.2. The molecule has 0 saturated carbocycles. The predicted molar refractivity (Wildman–Crippen MR) is 77.2 cm³/mol. The Morgan fingerprint density at radius 2 is 1.88 bits per heavy atom. The van der Waals surface area contributed by atoms with E-state index in [1.54, 1.807) is 0 Å². The van der Waals surface area contributed by atoms with Crippen molar-refractivity contribution in [1.29, 1.82) is 0 Å². The van der Waals surface area contributed by atoms with Gasteiger partial charge in [0.15, 0.2) is 11.5 Å². The highest BCUT2D eigenvalue weighted by Crippen LogP contribution is 2.36. The van der Waals surface area contributed by atoms with E-state index < -0.39 is 23.6 Å². The molecule has 0 N–H and O–H groups in total. The molecule has 1 aromatic heterocycles. The summed E-state index contributed by atoms with van der Waals surface area (Å²) in [5, 5.41) is 3.63. The number of Topliss-reactive ketones (excluding diaryl/α,β-unsaturated/α-hetero) is 1. The molecule has 0 unspecified atom stereocenters. The monoisotopic (exact) mass is 338 g/mol. The summed E-state index contributed by atoms with van der Waals surface area (Å²) in [4.78, 5) is 23.4. The fraction of sp³-hybridized carbons (Fsp3) is 0.312. The van der Waals surface area contributed by atoms with Crippen molar-refractivity contribution in [3.8, 4) is 5.69 Å². The van der Waals surface area contributed by atoms with Crippen LogP contribution in [-0.2, 0) is 17.3 Å². The summed E-state index contributed by atoms with van der Waals surface area (Å²) in [6.07, 6.45) is -3.80. The minimum atomic E-state index is -4.70. The molecule has 0 spiro atoms. The molecule has 0 saturated heterocycles. The Morgan fingerprint density at radius 1 is 1.21 bits per heavy atom. The molecule has 0 aliphatic heterocycles. The summed E-state index contributed by atoms with van der Waals surface area (Å²) < 4.78 is 45.3. The van der Waals surface area contributed by atoms with Gasteiger partial charge in [0, 0.05) is 6.42 Å². The lowest BCUT2D eigenvalue weighted by Gasteiger charge is -2.14. The van der Waals surface area contributed by atoms with Gasteiger partial charge < -0.3 is 4.74 Å². The van der Waals surface area contributed by atoms with Crippen LogP contribution in [0.25, 0.3) is 5.69 Å². The minimum Gasteiger partial charge on any atom is -0.465 e. The van der Waals surface area contributed by atoms with Gasteiger partial charge in [0.2, 0.25) is 0 Å². The standard InChI is InChI=1S/C16H13F3N2O3/c1-24-15(23)9-5-7-10(8-6-9)21-11-3-2-4-12(22)13(11)14(20-21)16(17,18)19/h5-8H,2-4H2,1H3. The van der Waals surface area contributed by atoms with Crippen molar-refractivity contribution >= 4 is 11.8 Å². The van der Waals surface area contributed by atoms with Gasteiger partial charge in [0.05, 0.1) is 29.6 Å². The maximum atomic E-state index is 13.2. The molecule has 126 valence electrons. The van der Waals surface area contributed by atoms with E-state index in [4.69, 9.17) is 0 Å². The first-order valence-electron chi connectivity index (χ1n) is 7.24. The quantitative estimate of drug-likeness (QED) is 0.789. The van der Waals surface area contributed by atoms with Crippen LogP contribution in [0.4, 0.5) is 13.2 Å². The minimum absolute atomic E-state index is 0.0864. The van der Waals surface area contributed by atoms with Crippen molar-refractivity contribution in [3.63, 3.8) is 0 Å². The number of hydrogen-bond acceptors (Lipinski definition) is 4. The number of nitrogens with zero attached hydrogens (tertiary/aromatic N) is 2. The van der Waals surface area contributed by atoms with Gasteiger partial charge in [-0.3, -0.25) is 4.79 Å². The van der Waals surface area contributed by atoms with Crippen LogP contribution in [0.2, 0.25) is 0 Å². The topological polar surface area (TPSA) is 61.2 Å². The molecule has 1 aromatic carbocycles. The highest BCUT2D eigenvalue weighted by Gasteiger charge is 2.42. The van der Waals surface area contributed by atoms with Gasteiger partial charge in [0.1, 0.15) is 0 Å². The van der Waals surface area contributed by atoms with Crippen LogP contribution in [0.3, 0.4) is 0 Å². The van der Waals surface area contributed by atoms with E-state index in [1.165, 1.54) is 31.4 Å². The first-order chi connectivity index (χ1) is 11.3. The number of aromatic nitrogens is 2. The van der Waals surface area contributed by atoms with Crippen LogP contribution in [0.1, 0.15) is 44.9 Å². The molecular weight excluding hydrogens is 325 g/mol. The fourth-order valence-corrected chi connectivity index (χ4v) is 2.79. The smallest absolute Gasteiger partial charge is 0.435 e. The van der Waals surface area contributed by atoms with Crippen LogP contribution < -0.4 is 0 Å². The average Bonchev–Trinajstić information content (AvgIpc) is 2.95. The zero-order valence-corrected chi connectivity index (χ0v) is 12.7. The van der Waals surface area contributed by atoms with Gasteiger partial charge in [0.25, 0.3) is 0 Å². The van der Waals surface area contributed by atoms with Gasteiger partial charge in [-0.15, -0.1) is 0 Å². The number of carbonyl (C=O) groups excluding carboxylic acids is 2. The van der Waals surface area contributed by atoms with Crippen molar-refractivity contribution in [2.24, 2.45) is 0 Å². The number of rotatable bonds is 2. The average molecular weight is 338 g/mol. The molecule has 0 radical (unpaired) electrons. The molecule has 2 aromatic rings. The number of alkyl halides is 3. The SMILES string of the molecule is COC(=O)c1ccc(-n2nc(C(F)(F)F)c3c2CCCC3=O)cc1. The van der Waals surface area contributed by atoms with Crippen LogP contribution in [-0.4, -0.2) is 28.6 Å². The van der Waals surface area contributed by atoms with Gasteiger partial charge in [-0.1, -0.05) is 0 Å². The van der Waals surface area contributed by atoms with Crippen molar-refractivity contribution < 1.29 is 27.5 Å². The van der Waals surface area contributed by atoms with Crippen LogP contribution in [0, 0.1) is 0 Å². The highest BCUT2D eigenvalue weighted by molar-refractivity contribution is 5.99. The van der Waals surface area contributed by atoms with Crippen molar-refractivity contribution in [3.05, 3.63) is 46.8 Å². The molecule has 0 bridgehead atoms. The Kier molecular flexibility index (Phi) is 3.90. The van der Waals surface area contributed by atoms with Gasteiger partial charge >= 0.3 is 12.1 Å². The first-order valence-corrected chi connectivity index (χ1v) is 7.24. The Bertz CT molecular complexity index is 807. The van der Waals surface area contributed by atoms with E-state index >= 15 is 0 Å². The summed E-state index contributed by atoms with van der Waals surface area (Å²) >= 11 is 0. The molecule has 0 amide bonds. The van der Waals surface area contributed by atoms with Crippen molar-refractivity contribution in [2.45, 2.75) is 25.4 Å². The molecule has 8 heteroatoms. The lowest BCUT2D eigenvalue weighted by Crippen LogP contribution is -2.16. The molecule has 3 rings (SSSR count). The highest BCUT2D eigenvalue weighted by atomic mass is 19.4. The normalized spacial score (nSPS) is 14.4. The second kappa shape index (κ2) is 5.77. The summed E-state index contributed by atoms with van der Waals surface area (Å²) in [7, 11) is 1.24. The molecule has 24 heavy (non-hydrogen) atoms. The van der Waals surface area contributed by atoms with Crippen LogP contribution >= 0.6 is 0 Å². The Labute approximate surface area is 135 Å². The number of esters is 1. The molecule has 1 aliphatic rings. The largest absolute Gasteiger partial charge is 0.465 e. The van der Waals surface area contributed by atoms with Gasteiger partial charge in [-0.25, -0.2) is 9.48 Å². The van der Waals surface area contributed by atoms with E-state index in [0.29, 0.717) is 18.5 Å². The van der Waals surface area contributed by atoms with Gasteiger partial charge in [-0.05, 0) is 37.1 Å². The Balaban J connectivity index is 2.12. The fourth-order valence-electron chi connectivity index (χ4n) is 2.79. The molecule has 5 nitrogen and oxygen atoms in total. The summed E-state index contributed by atoms with van der Waals surface area (Å²) in [5.41, 5.74) is -0.618. The third-order valence-electron chi connectivity index (χ3n) is 3.88. The van der Waals surface area contributed by atoms with Crippen molar-refractivity contribution in [2.75, 3.05) is 7.11 Å². The molecule has 1 heterocycles. The Morgan fingerprint density at radius 3 is 2.46 bits per heavy atom. The van der Waals surface area contributed by atoms with E-state index in [2.05, 4.69) is 9.84 Å². The second-order valence-corrected chi connectivity index (χ2v) is 5.40. The molecule has 1 aliphatic carbocycles. The van der Waals surface area contributed by atoms with Gasteiger partial charge in [-0.2, -0.15) is 18.3 Å². The number of hydrogen-bond donors (Lipinski definition) is 0. The maximum absolute atomic E-state index is 13.2. The lowest BCUT2D eigenvalue weighted by molar-refractivity contribution is -0.141. The van der Waals surface area contributed by atoms with Crippen molar-refractivity contribution in [1.82, 2.24) is 9.78 Å². The molecular formula is C16H13F3N2O3. The number of methoxy groups -OCH3 is 1. The summed E-state index contributed by atoms with van der Waals surface area (Å²) in [6.45, 7) is 0. The third-order valence-corrected chi connectivity index (χ3v) is 3.88. The lowest BCUT2D eigenvalue weighted by atomic mass is 9.94. The van der Waals surface area contributed by atoms with E-state index in [9.17, 15) is 22.8 Å². The number of ketones is 1. The molecule has 0 atom stereocenters. The second-order valence-electron chi connectivity index (χ2n) is 5.40. The zero-order valence-electron chi connectivity index (χ0n) is 12.7. The third kappa shape index (κ3) is 2.68. The predicted octanol–water partition coefficient (Wildman–Crippen LogP) is 3.20. The van der Waals surface area contributed by atoms with E-state index in [1.807, 2.05) is 0 Å². The summed E-state index contributed by atoms with van der Waals surface area (Å²) in [6, 6.07) is 5.82. The van der Waals surface area contributed by atoms with Crippen LogP contribution in [0.15, 0.2) is 24.3 Å². The number of fused-ring (bicyclic) bond motifs is 1. The number of carbonyl (C=O) groups is 2. The molecule has 0 fully saturated rings. The van der Waals surface area contributed by atoms with Crippen LogP contribution in [0.5, 0.6) is 0 Å². The van der Waals surface area contributed by atoms with E-state index in [0.717, 1.165) is 4.68 Å². The maximum Gasteiger partial charge on any atom is 0.435 e. The van der Waals surface area contributed by atoms with E-state index in [-0.39, 0.29) is 23.2 Å². The number of ether oxygens (including phenoxy) is 1.